The maximum atomic E-state index is 12.9. The van der Waals surface area contributed by atoms with Crippen molar-refractivity contribution in [3.8, 4) is 0 Å². The summed E-state index contributed by atoms with van der Waals surface area (Å²) in [4.78, 5) is 20.1. The van der Waals surface area contributed by atoms with Gasteiger partial charge in [0, 0.05) is 24.2 Å². The molecule has 0 amide bonds. The molecule has 5 heteroatoms. The third-order valence-electron chi connectivity index (χ3n) is 7.38. The first-order chi connectivity index (χ1) is 13.7. The molecule has 2 aromatic rings. The van der Waals surface area contributed by atoms with E-state index in [9.17, 15) is 4.79 Å². The summed E-state index contributed by atoms with van der Waals surface area (Å²) in [6.07, 6.45) is 14.4. The SMILES string of the molecule is O=c1c(Cl)nc2ccccc2n1[C@@H]1C[C@H]2CC[C@@H](C1)N2C1CCCCCCC1. The largest absolute Gasteiger partial charge is 0.301 e. The second-order valence-electron chi connectivity index (χ2n) is 9.02. The van der Waals surface area contributed by atoms with E-state index in [1.807, 2.05) is 28.8 Å². The van der Waals surface area contributed by atoms with Crippen LogP contribution in [0.4, 0.5) is 0 Å². The van der Waals surface area contributed by atoms with Crippen molar-refractivity contribution in [3.05, 3.63) is 39.8 Å². The fourth-order valence-electron chi connectivity index (χ4n) is 6.21. The molecule has 1 aliphatic carbocycles. The van der Waals surface area contributed by atoms with Crippen LogP contribution in [0.3, 0.4) is 0 Å². The number of rotatable bonds is 2. The lowest BCUT2D eigenvalue weighted by Crippen LogP contribution is -2.50. The van der Waals surface area contributed by atoms with Gasteiger partial charge in [0.25, 0.3) is 5.56 Å². The van der Waals surface area contributed by atoms with Gasteiger partial charge in [-0.15, -0.1) is 0 Å². The van der Waals surface area contributed by atoms with Gasteiger partial charge in [0.05, 0.1) is 11.0 Å². The highest BCUT2D eigenvalue weighted by atomic mass is 35.5. The maximum absolute atomic E-state index is 12.9. The minimum Gasteiger partial charge on any atom is -0.301 e. The summed E-state index contributed by atoms with van der Waals surface area (Å²) in [5.74, 6) is 0. The van der Waals surface area contributed by atoms with Crippen molar-refractivity contribution in [1.82, 2.24) is 14.5 Å². The Hall–Kier alpha value is -1.39. The summed E-state index contributed by atoms with van der Waals surface area (Å²) in [5.41, 5.74) is 1.63. The molecule has 5 rings (SSSR count). The summed E-state index contributed by atoms with van der Waals surface area (Å²) >= 11 is 6.23. The molecular weight excluding hydrogens is 370 g/mol. The van der Waals surface area contributed by atoms with Crippen molar-refractivity contribution in [3.63, 3.8) is 0 Å². The summed E-state index contributed by atoms with van der Waals surface area (Å²) in [6, 6.07) is 10.1. The Morgan fingerprint density at radius 1 is 0.821 bits per heavy atom. The second kappa shape index (κ2) is 7.79. The van der Waals surface area contributed by atoms with Crippen LogP contribution in [-0.4, -0.2) is 32.6 Å². The first kappa shape index (κ1) is 18.6. The number of nitrogens with zero attached hydrogens (tertiary/aromatic N) is 3. The first-order valence-electron chi connectivity index (χ1n) is 11.2. The number of halogens is 1. The maximum Gasteiger partial charge on any atom is 0.288 e. The van der Waals surface area contributed by atoms with Crippen molar-refractivity contribution in [1.29, 1.82) is 0 Å². The van der Waals surface area contributed by atoms with Crippen LogP contribution in [0.25, 0.3) is 11.0 Å². The quantitative estimate of drug-likeness (QED) is 0.684. The number of para-hydroxylation sites is 2. The van der Waals surface area contributed by atoms with E-state index in [0.29, 0.717) is 12.1 Å². The van der Waals surface area contributed by atoms with Gasteiger partial charge in [-0.2, -0.15) is 0 Å². The third kappa shape index (κ3) is 3.29. The van der Waals surface area contributed by atoms with Gasteiger partial charge < -0.3 is 4.57 Å². The van der Waals surface area contributed by atoms with Gasteiger partial charge >= 0.3 is 0 Å². The normalized spacial score (nSPS) is 29.7. The fourth-order valence-corrected chi connectivity index (χ4v) is 6.39. The number of piperidine rings is 1. The highest BCUT2D eigenvalue weighted by molar-refractivity contribution is 6.29. The smallest absolute Gasteiger partial charge is 0.288 e. The molecule has 28 heavy (non-hydrogen) atoms. The Bertz CT molecular complexity index is 888. The van der Waals surface area contributed by atoms with Crippen molar-refractivity contribution < 1.29 is 0 Å². The van der Waals surface area contributed by atoms with Crippen LogP contribution >= 0.6 is 11.6 Å². The number of hydrogen-bond donors (Lipinski definition) is 0. The molecule has 150 valence electrons. The van der Waals surface area contributed by atoms with E-state index in [1.54, 1.807) is 0 Å². The van der Waals surface area contributed by atoms with Crippen molar-refractivity contribution in [2.24, 2.45) is 0 Å². The minimum atomic E-state index is -0.121. The summed E-state index contributed by atoms with van der Waals surface area (Å²) < 4.78 is 1.96. The van der Waals surface area contributed by atoms with Gasteiger partial charge in [-0.3, -0.25) is 9.69 Å². The molecule has 2 aliphatic heterocycles. The number of fused-ring (bicyclic) bond motifs is 3. The van der Waals surface area contributed by atoms with Crippen LogP contribution in [0.1, 0.15) is 76.7 Å². The van der Waals surface area contributed by atoms with E-state index in [1.165, 1.54) is 57.8 Å². The lowest BCUT2D eigenvalue weighted by atomic mass is 9.89. The zero-order valence-corrected chi connectivity index (χ0v) is 17.3. The second-order valence-corrected chi connectivity index (χ2v) is 9.38. The molecule has 0 N–H and O–H groups in total. The zero-order chi connectivity index (χ0) is 19.1. The first-order valence-corrected chi connectivity index (χ1v) is 11.5. The van der Waals surface area contributed by atoms with Crippen LogP contribution in [0.2, 0.25) is 5.15 Å². The van der Waals surface area contributed by atoms with Crippen LogP contribution in [0.5, 0.6) is 0 Å². The van der Waals surface area contributed by atoms with E-state index >= 15 is 0 Å². The highest BCUT2D eigenvalue weighted by Gasteiger charge is 2.44. The number of hydrogen-bond acceptors (Lipinski definition) is 3. The molecule has 3 aliphatic rings. The third-order valence-corrected chi connectivity index (χ3v) is 7.63. The Kier molecular flexibility index (Phi) is 5.18. The Morgan fingerprint density at radius 2 is 1.46 bits per heavy atom. The van der Waals surface area contributed by atoms with Gasteiger partial charge in [-0.25, -0.2) is 4.98 Å². The lowest BCUT2D eigenvalue weighted by molar-refractivity contribution is 0.0497. The molecule has 4 nitrogen and oxygen atoms in total. The summed E-state index contributed by atoms with van der Waals surface area (Å²) in [6.45, 7) is 0. The van der Waals surface area contributed by atoms with E-state index in [2.05, 4.69) is 9.88 Å². The molecular formula is C23H30ClN3O. The molecule has 1 saturated carbocycles. The average molecular weight is 400 g/mol. The van der Waals surface area contributed by atoms with Gasteiger partial charge in [0.15, 0.2) is 5.15 Å². The van der Waals surface area contributed by atoms with Crippen molar-refractivity contribution in [2.45, 2.75) is 94.8 Å². The van der Waals surface area contributed by atoms with E-state index in [-0.39, 0.29) is 16.8 Å². The van der Waals surface area contributed by atoms with Gasteiger partial charge in [-0.1, -0.05) is 55.8 Å². The topological polar surface area (TPSA) is 38.1 Å². The van der Waals surface area contributed by atoms with Gasteiger partial charge in [0.2, 0.25) is 0 Å². The molecule has 3 fully saturated rings. The van der Waals surface area contributed by atoms with Crippen LogP contribution in [-0.2, 0) is 0 Å². The van der Waals surface area contributed by atoms with Crippen LogP contribution in [0, 0.1) is 0 Å². The molecule has 2 saturated heterocycles. The Balaban J connectivity index is 1.44. The van der Waals surface area contributed by atoms with Gasteiger partial charge in [-0.05, 0) is 50.7 Å². The predicted octanol–water partition coefficient (Wildman–Crippen LogP) is 5.33. The molecule has 1 aromatic heterocycles. The van der Waals surface area contributed by atoms with Crippen molar-refractivity contribution >= 4 is 22.6 Å². The molecule has 1 aromatic carbocycles. The minimum absolute atomic E-state index is 0.105. The molecule has 0 unspecified atom stereocenters. The van der Waals surface area contributed by atoms with E-state index in [4.69, 9.17) is 11.6 Å². The molecule has 3 heterocycles. The molecule has 0 radical (unpaired) electrons. The summed E-state index contributed by atoms with van der Waals surface area (Å²) in [7, 11) is 0. The Morgan fingerprint density at radius 3 is 2.18 bits per heavy atom. The predicted molar refractivity (Wildman–Crippen MR) is 114 cm³/mol. The molecule has 0 spiro atoms. The van der Waals surface area contributed by atoms with Gasteiger partial charge in [0.1, 0.15) is 0 Å². The molecule has 3 atom stereocenters. The monoisotopic (exact) mass is 399 g/mol. The number of benzene rings is 1. The lowest BCUT2D eigenvalue weighted by Gasteiger charge is -2.45. The Labute approximate surface area is 171 Å². The molecule has 2 bridgehead atoms. The van der Waals surface area contributed by atoms with Crippen molar-refractivity contribution in [2.75, 3.05) is 0 Å². The standard InChI is InChI=1S/C23H30ClN3O/c24-22-23(28)27(21-11-7-6-10-20(21)25-22)19-14-17-12-13-18(15-19)26(17)16-8-4-2-1-3-5-9-16/h6-7,10-11,16-19H,1-5,8-9,12-15H2/t17-,18+,19-. The average Bonchev–Trinajstić information content (AvgIpc) is 2.92. The highest BCUT2D eigenvalue weighted by Crippen LogP contribution is 2.44. The van der Waals surface area contributed by atoms with Crippen LogP contribution in [0.15, 0.2) is 29.1 Å². The van der Waals surface area contributed by atoms with E-state index < -0.39 is 0 Å². The van der Waals surface area contributed by atoms with E-state index in [0.717, 1.165) is 29.9 Å². The summed E-state index contributed by atoms with van der Waals surface area (Å²) in [5, 5.41) is 0.105. The van der Waals surface area contributed by atoms with Crippen LogP contribution < -0.4 is 5.56 Å². The fraction of sp³-hybridized carbons (Fsp3) is 0.652. The number of aromatic nitrogens is 2. The zero-order valence-electron chi connectivity index (χ0n) is 16.5.